The van der Waals surface area contributed by atoms with Crippen LogP contribution in [0.3, 0.4) is 0 Å². The molecule has 2 heterocycles. The Morgan fingerprint density at radius 3 is 2.65 bits per heavy atom. The summed E-state index contributed by atoms with van der Waals surface area (Å²) in [6.07, 6.45) is 0. The van der Waals surface area contributed by atoms with Crippen molar-refractivity contribution >= 4 is 27.1 Å². The van der Waals surface area contributed by atoms with Gasteiger partial charge in [-0.05, 0) is 23.6 Å². The summed E-state index contributed by atoms with van der Waals surface area (Å²) in [5.41, 5.74) is 1.84. The van der Waals surface area contributed by atoms with Crippen molar-refractivity contribution in [3.63, 3.8) is 0 Å². The number of thiazole rings is 1. The molecule has 3 rings (SSSR count). The minimum atomic E-state index is -3.20. The average molecular weight is 394 g/mol. The molecule has 0 spiro atoms. The number of benzene rings is 1. The quantitative estimate of drug-likeness (QED) is 0.788. The summed E-state index contributed by atoms with van der Waals surface area (Å²) in [6.45, 7) is 6.98. The van der Waals surface area contributed by atoms with Crippen LogP contribution in [0.25, 0.3) is 0 Å². The van der Waals surface area contributed by atoms with E-state index in [1.807, 2.05) is 0 Å². The minimum absolute atomic E-state index is 0.0734. The summed E-state index contributed by atoms with van der Waals surface area (Å²) in [7, 11) is -3.20. The Kier molecular flexibility index (Phi) is 5.45. The number of amides is 1. The number of carbonyl (C=O) groups is 1. The number of hydrogen-bond acceptors (Lipinski definition) is 6. The van der Waals surface area contributed by atoms with Gasteiger partial charge in [0.15, 0.2) is 14.8 Å². The molecule has 26 heavy (non-hydrogen) atoms. The van der Waals surface area contributed by atoms with Gasteiger partial charge in [-0.3, -0.25) is 4.79 Å². The fourth-order valence-corrected chi connectivity index (χ4v) is 4.78. The molecule has 8 heteroatoms. The summed E-state index contributed by atoms with van der Waals surface area (Å²) in [4.78, 5) is 18.4. The van der Waals surface area contributed by atoms with Crippen molar-refractivity contribution in [2.45, 2.75) is 44.8 Å². The van der Waals surface area contributed by atoms with E-state index in [9.17, 15) is 13.2 Å². The monoisotopic (exact) mass is 393 g/mol. The number of sulfone groups is 1. The minimum Gasteiger partial charge on any atom is -0.346 e. The molecule has 0 bridgehead atoms. The van der Waals surface area contributed by atoms with Crippen molar-refractivity contribution in [1.29, 1.82) is 0 Å². The molecular formula is C18H23N3O3S2. The third-order valence-corrected chi connectivity index (χ3v) is 7.30. The van der Waals surface area contributed by atoms with Gasteiger partial charge in [0.05, 0.1) is 22.4 Å². The van der Waals surface area contributed by atoms with E-state index in [2.05, 4.69) is 29.5 Å². The molecule has 1 amide bonds. The fourth-order valence-electron chi connectivity index (χ4n) is 2.92. The van der Waals surface area contributed by atoms with Gasteiger partial charge in [0.2, 0.25) is 0 Å². The standard InChI is InChI=1S/C18H23N3O3S2/c1-4-26(23,24)13-7-5-12(6-8-13)9-20-17(22)18-21-16-14(25-18)10-19-15(16)11(2)3/h5-8,11,15,19H,4,9-10H2,1-3H3,(H,20,22)/t15-/m0/s1. The molecule has 1 atom stereocenters. The van der Waals surface area contributed by atoms with Crippen molar-refractivity contribution in [3.8, 4) is 0 Å². The normalized spacial score (nSPS) is 16.7. The third kappa shape index (κ3) is 3.82. The van der Waals surface area contributed by atoms with Crippen LogP contribution in [0.2, 0.25) is 0 Å². The molecule has 6 nitrogen and oxygen atoms in total. The summed E-state index contributed by atoms with van der Waals surface area (Å²) in [6, 6.07) is 6.82. The molecule has 2 aromatic rings. The van der Waals surface area contributed by atoms with E-state index in [0.717, 1.165) is 22.7 Å². The van der Waals surface area contributed by atoms with E-state index in [0.29, 0.717) is 22.4 Å². The van der Waals surface area contributed by atoms with Crippen LogP contribution in [-0.4, -0.2) is 25.1 Å². The highest BCUT2D eigenvalue weighted by molar-refractivity contribution is 7.91. The second-order valence-electron chi connectivity index (χ2n) is 6.66. The molecule has 1 aliphatic heterocycles. The van der Waals surface area contributed by atoms with Gasteiger partial charge in [0, 0.05) is 18.0 Å². The highest BCUT2D eigenvalue weighted by atomic mass is 32.2. The molecule has 1 aliphatic rings. The molecule has 140 valence electrons. The summed E-state index contributed by atoms with van der Waals surface area (Å²) in [5.74, 6) is 0.300. The van der Waals surface area contributed by atoms with Crippen LogP contribution in [0.15, 0.2) is 29.2 Å². The first kappa shape index (κ1) is 19.0. The largest absolute Gasteiger partial charge is 0.346 e. The average Bonchev–Trinajstić information content (AvgIpc) is 3.20. The molecule has 0 saturated heterocycles. The molecule has 0 fully saturated rings. The predicted molar refractivity (Wildman–Crippen MR) is 102 cm³/mol. The first-order valence-electron chi connectivity index (χ1n) is 8.64. The van der Waals surface area contributed by atoms with Crippen LogP contribution in [-0.2, 0) is 22.9 Å². The lowest BCUT2D eigenvalue weighted by Crippen LogP contribution is -2.24. The highest BCUT2D eigenvalue weighted by Crippen LogP contribution is 2.33. The van der Waals surface area contributed by atoms with Gasteiger partial charge in [-0.25, -0.2) is 13.4 Å². The number of rotatable bonds is 6. The Bertz CT molecular complexity index is 902. The van der Waals surface area contributed by atoms with Gasteiger partial charge in [-0.2, -0.15) is 0 Å². The maximum absolute atomic E-state index is 12.4. The third-order valence-electron chi connectivity index (χ3n) is 4.48. The Labute approximate surface area is 158 Å². The molecule has 0 radical (unpaired) electrons. The summed E-state index contributed by atoms with van der Waals surface area (Å²) < 4.78 is 23.6. The number of carbonyl (C=O) groups excluding carboxylic acids is 1. The number of nitrogens with zero attached hydrogens (tertiary/aromatic N) is 1. The van der Waals surface area contributed by atoms with Crippen LogP contribution >= 0.6 is 11.3 Å². The van der Waals surface area contributed by atoms with Gasteiger partial charge >= 0.3 is 0 Å². The van der Waals surface area contributed by atoms with E-state index in [-0.39, 0.29) is 17.7 Å². The van der Waals surface area contributed by atoms with E-state index in [1.54, 1.807) is 31.2 Å². The lowest BCUT2D eigenvalue weighted by atomic mass is 10.0. The van der Waals surface area contributed by atoms with Crippen LogP contribution in [0.4, 0.5) is 0 Å². The van der Waals surface area contributed by atoms with Gasteiger partial charge in [0.1, 0.15) is 0 Å². The maximum Gasteiger partial charge on any atom is 0.280 e. The fraction of sp³-hybridized carbons (Fsp3) is 0.444. The number of fused-ring (bicyclic) bond motifs is 1. The SMILES string of the molecule is CCS(=O)(=O)c1ccc(CNC(=O)c2nc3c(s2)CN[C@H]3C(C)C)cc1. The molecule has 0 aliphatic carbocycles. The molecule has 1 aromatic carbocycles. The predicted octanol–water partition coefficient (Wildman–Crippen LogP) is 2.67. The number of hydrogen-bond donors (Lipinski definition) is 2. The van der Waals surface area contributed by atoms with E-state index in [4.69, 9.17) is 0 Å². The Balaban J connectivity index is 1.64. The summed E-state index contributed by atoms with van der Waals surface area (Å²) >= 11 is 1.43. The van der Waals surface area contributed by atoms with Crippen molar-refractivity contribution in [3.05, 3.63) is 45.4 Å². The lowest BCUT2D eigenvalue weighted by molar-refractivity contribution is 0.0950. The molecule has 0 unspecified atom stereocenters. The van der Waals surface area contributed by atoms with E-state index in [1.165, 1.54) is 11.3 Å². The highest BCUT2D eigenvalue weighted by Gasteiger charge is 2.30. The number of aromatic nitrogens is 1. The molecular weight excluding hydrogens is 370 g/mol. The zero-order chi connectivity index (χ0) is 18.9. The Morgan fingerprint density at radius 2 is 2.04 bits per heavy atom. The topological polar surface area (TPSA) is 88.2 Å². The smallest absolute Gasteiger partial charge is 0.280 e. The van der Waals surface area contributed by atoms with E-state index < -0.39 is 9.84 Å². The lowest BCUT2D eigenvalue weighted by Gasteiger charge is -2.14. The zero-order valence-corrected chi connectivity index (χ0v) is 16.7. The molecule has 1 aromatic heterocycles. The van der Waals surface area contributed by atoms with Gasteiger partial charge in [-0.15, -0.1) is 11.3 Å². The first-order chi connectivity index (χ1) is 12.3. The van der Waals surface area contributed by atoms with Crippen LogP contribution in [0, 0.1) is 5.92 Å². The van der Waals surface area contributed by atoms with Crippen LogP contribution in [0.5, 0.6) is 0 Å². The van der Waals surface area contributed by atoms with Crippen molar-refractivity contribution < 1.29 is 13.2 Å². The summed E-state index contributed by atoms with van der Waals surface area (Å²) in [5, 5.41) is 6.75. The van der Waals surface area contributed by atoms with Gasteiger partial charge < -0.3 is 10.6 Å². The second-order valence-corrected chi connectivity index (χ2v) is 10.0. The second kappa shape index (κ2) is 7.46. The Hall–Kier alpha value is -1.77. The first-order valence-corrected chi connectivity index (χ1v) is 11.1. The van der Waals surface area contributed by atoms with Crippen molar-refractivity contribution in [2.75, 3.05) is 5.75 Å². The van der Waals surface area contributed by atoms with E-state index >= 15 is 0 Å². The molecule has 2 N–H and O–H groups in total. The zero-order valence-electron chi connectivity index (χ0n) is 15.1. The number of nitrogens with one attached hydrogen (secondary N) is 2. The van der Waals surface area contributed by atoms with Crippen molar-refractivity contribution in [1.82, 2.24) is 15.6 Å². The van der Waals surface area contributed by atoms with Crippen LogP contribution in [0.1, 0.15) is 52.7 Å². The van der Waals surface area contributed by atoms with Gasteiger partial charge in [-0.1, -0.05) is 32.9 Å². The molecule has 0 saturated carbocycles. The Morgan fingerprint density at radius 1 is 1.35 bits per heavy atom. The van der Waals surface area contributed by atoms with Crippen molar-refractivity contribution in [2.24, 2.45) is 5.92 Å². The van der Waals surface area contributed by atoms with Crippen LogP contribution < -0.4 is 10.6 Å². The maximum atomic E-state index is 12.4. The van der Waals surface area contributed by atoms with Gasteiger partial charge in [0.25, 0.3) is 5.91 Å².